The van der Waals surface area contributed by atoms with Gasteiger partial charge < -0.3 is 10.2 Å². The molecule has 0 heterocycles. The first-order valence-electron chi connectivity index (χ1n) is 15.4. The lowest BCUT2D eigenvalue weighted by Gasteiger charge is -2.35. The Kier molecular flexibility index (Phi) is 11.0. The van der Waals surface area contributed by atoms with Crippen LogP contribution < -0.4 is 9.62 Å². The fourth-order valence-corrected chi connectivity index (χ4v) is 6.59. The molecule has 48 heavy (non-hydrogen) atoms. The molecule has 0 aliphatic heterocycles. The van der Waals surface area contributed by atoms with E-state index in [1.54, 1.807) is 25.1 Å². The van der Waals surface area contributed by atoms with Crippen molar-refractivity contribution in [1.82, 2.24) is 10.2 Å². The SMILES string of the molecule is Cc1ccc(S(=O)(=O)N(CC(=O)N(Cc2ccccc2C)C(Cc2ccccc2)C(=O)NC(C)(C)C)c2cccc(C(F)(F)F)c2)cc1. The van der Waals surface area contributed by atoms with Crippen LogP contribution in [0.1, 0.15) is 48.6 Å². The van der Waals surface area contributed by atoms with Gasteiger partial charge in [-0.25, -0.2) is 8.42 Å². The number of hydrogen-bond acceptors (Lipinski definition) is 4. The lowest BCUT2D eigenvalue weighted by atomic mass is 10.00. The molecule has 0 saturated heterocycles. The van der Waals surface area contributed by atoms with Gasteiger partial charge in [-0.15, -0.1) is 0 Å². The lowest BCUT2D eigenvalue weighted by Crippen LogP contribution is -2.56. The van der Waals surface area contributed by atoms with Gasteiger partial charge in [0.05, 0.1) is 16.1 Å². The van der Waals surface area contributed by atoms with Gasteiger partial charge in [-0.2, -0.15) is 13.2 Å². The van der Waals surface area contributed by atoms with Gasteiger partial charge in [0, 0.05) is 18.5 Å². The number of alkyl halides is 3. The Hall–Kier alpha value is -4.64. The van der Waals surface area contributed by atoms with E-state index >= 15 is 0 Å². The number of sulfonamides is 1. The standard InChI is InChI=1S/C37H40F3N3O4S/c1-26-18-20-32(21-19-26)48(46,47)43(31-17-11-16-30(23-31)37(38,39)40)25-34(44)42(24-29-15-10-9-12-27(29)2)33(35(45)41-36(3,4)5)22-28-13-7-6-8-14-28/h6-21,23,33H,22,24-25H2,1-5H3,(H,41,45). The molecule has 0 saturated carbocycles. The Morgan fingerprint density at radius 2 is 1.44 bits per heavy atom. The topological polar surface area (TPSA) is 86.8 Å². The van der Waals surface area contributed by atoms with E-state index < -0.39 is 51.7 Å². The summed E-state index contributed by atoms with van der Waals surface area (Å²) in [5.41, 5.74) is 1.02. The molecule has 2 amide bonds. The number of benzene rings is 4. The number of carbonyl (C=O) groups excluding carboxylic acids is 2. The van der Waals surface area contributed by atoms with Crippen molar-refractivity contribution in [2.45, 2.75) is 70.2 Å². The molecular formula is C37H40F3N3O4S. The number of carbonyl (C=O) groups is 2. The van der Waals surface area contributed by atoms with Crippen LogP contribution in [0, 0.1) is 13.8 Å². The molecule has 1 unspecified atom stereocenters. The first kappa shape index (κ1) is 36.2. The van der Waals surface area contributed by atoms with Crippen molar-refractivity contribution >= 4 is 27.5 Å². The molecule has 0 bridgehead atoms. The van der Waals surface area contributed by atoms with Crippen molar-refractivity contribution in [1.29, 1.82) is 0 Å². The average molecular weight is 680 g/mol. The molecule has 0 aromatic heterocycles. The van der Waals surface area contributed by atoms with Gasteiger partial charge in [-0.3, -0.25) is 13.9 Å². The number of nitrogens with one attached hydrogen (secondary N) is 1. The molecule has 1 N–H and O–H groups in total. The first-order valence-corrected chi connectivity index (χ1v) is 16.9. The highest BCUT2D eigenvalue weighted by Gasteiger charge is 2.37. The van der Waals surface area contributed by atoms with Crippen molar-refractivity contribution in [3.05, 3.63) is 131 Å². The number of hydrogen-bond donors (Lipinski definition) is 1. The highest BCUT2D eigenvalue weighted by Crippen LogP contribution is 2.33. The fraction of sp³-hybridized carbons (Fsp3) is 0.297. The summed E-state index contributed by atoms with van der Waals surface area (Å²) in [6.07, 6.45) is -4.66. The third kappa shape index (κ3) is 9.25. The van der Waals surface area contributed by atoms with Crippen molar-refractivity contribution in [3.63, 3.8) is 0 Å². The maximum Gasteiger partial charge on any atom is 0.416 e. The van der Waals surface area contributed by atoms with Gasteiger partial charge in [-0.05, 0) is 81.6 Å². The zero-order valence-electron chi connectivity index (χ0n) is 27.6. The van der Waals surface area contributed by atoms with Crippen LogP contribution in [0.3, 0.4) is 0 Å². The Morgan fingerprint density at radius 1 is 0.812 bits per heavy atom. The number of rotatable bonds is 11. The van der Waals surface area contributed by atoms with Gasteiger partial charge in [0.15, 0.2) is 0 Å². The second-order valence-corrected chi connectivity index (χ2v) is 14.6. The molecule has 7 nitrogen and oxygen atoms in total. The largest absolute Gasteiger partial charge is 0.416 e. The summed E-state index contributed by atoms with van der Waals surface area (Å²) in [4.78, 5) is 29.7. The molecule has 0 radical (unpaired) electrons. The first-order chi connectivity index (χ1) is 22.5. The van der Waals surface area contributed by atoms with Crippen LogP contribution in [0.5, 0.6) is 0 Å². The molecular weight excluding hydrogens is 639 g/mol. The number of nitrogens with zero attached hydrogens (tertiary/aromatic N) is 2. The number of halogens is 3. The Balaban J connectivity index is 1.87. The zero-order valence-corrected chi connectivity index (χ0v) is 28.4. The Labute approximate surface area is 280 Å². The minimum absolute atomic E-state index is 0.0540. The van der Waals surface area contributed by atoms with E-state index in [0.29, 0.717) is 10.4 Å². The van der Waals surface area contributed by atoms with Crippen molar-refractivity contribution in [3.8, 4) is 0 Å². The molecule has 0 spiro atoms. The van der Waals surface area contributed by atoms with E-state index in [4.69, 9.17) is 0 Å². The van der Waals surface area contributed by atoms with E-state index in [1.165, 1.54) is 23.1 Å². The second kappa shape index (κ2) is 14.6. The van der Waals surface area contributed by atoms with Gasteiger partial charge in [-0.1, -0.05) is 78.4 Å². The number of anilines is 1. The van der Waals surface area contributed by atoms with Crippen LogP contribution in [-0.2, 0) is 38.8 Å². The molecule has 0 aliphatic rings. The summed E-state index contributed by atoms with van der Waals surface area (Å²) in [7, 11) is -4.56. The number of amides is 2. The summed E-state index contributed by atoms with van der Waals surface area (Å²) in [5, 5.41) is 2.96. The minimum atomic E-state index is -4.76. The average Bonchev–Trinajstić information content (AvgIpc) is 3.01. The van der Waals surface area contributed by atoms with Gasteiger partial charge in [0.2, 0.25) is 11.8 Å². The molecule has 11 heteroatoms. The van der Waals surface area contributed by atoms with E-state index in [1.807, 2.05) is 76.2 Å². The van der Waals surface area contributed by atoms with E-state index in [-0.39, 0.29) is 23.5 Å². The molecule has 0 aliphatic carbocycles. The maximum absolute atomic E-state index is 14.6. The van der Waals surface area contributed by atoms with Crippen molar-refractivity contribution in [2.24, 2.45) is 0 Å². The van der Waals surface area contributed by atoms with E-state index in [9.17, 15) is 31.2 Å². The van der Waals surface area contributed by atoms with E-state index in [2.05, 4.69) is 5.32 Å². The summed E-state index contributed by atoms with van der Waals surface area (Å²) >= 11 is 0. The smallest absolute Gasteiger partial charge is 0.350 e. The van der Waals surface area contributed by atoms with Crippen molar-refractivity contribution in [2.75, 3.05) is 10.8 Å². The molecule has 0 fully saturated rings. The van der Waals surface area contributed by atoms with Crippen LogP contribution in [-0.4, -0.2) is 43.3 Å². The van der Waals surface area contributed by atoms with E-state index in [0.717, 1.165) is 34.4 Å². The summed E-state index contributed by atoms with van der Waals surface area (Å²) in [6, 6.07) is 25.0. The van der Waals surface area contributed by atoms with Gasteiger partial charge >= 0.3 is 6.18 Å². The fourth-order valence-electron chi connectivity index (χ4n) is 5.18. The number of aryl methyl sites for hydroxylation is 2. The summed E-state index contributed by atoms with van der Waals surface area (Å²) in [6.45, 7) is 8.13. The zero-order chi connectivity index (χ0) is 35.3. The quantitative estimate of drug-likeness (QED) is 0.184. The normalized spacial score (nSPS) is 12.7. The third-order valence-electron chi connectivity index (χ3n) is 7.72. The van der Waals surface area contributed by atoms with Crippen LogP contribution in [0.4, 0.5) is 18.9 Å². The van der Waals surface area contributed by atoms with Crippen LogP contribution in [0.15, 0.2) is 108 Å². The maximum atomic E-state index is 14.6. The van der Waals surface area contributed by atoms with Crippen molar-refractivity contribution < 1.29 is 31.2 Å². The van der Waals surface area contributed by atoms with Crippen LogP contribution in [0.2, 0.25) is 0 Å². The Morgan fingerprint density at radius 3 is 2.04 bits per heavy atom. The second-order valence-electron chi connectivity index (χ2n) is 12.8. The van der Waals surface area contributed by atoms with Crippen LogP contribution >= 0.6 is 0 Å². The Bertz CT molecular complexity index is 1840. The van der Waals surface area contributed by atoms with Crippen LogP contribution in [0.25, 0.3) is 0 Å². The third-order valence-corrected chi connectivity index (χ3v) is 9.51. The molecule has 4 aromatic rings. The highest BCUT2D eigenvalue weighted by molar-refractivity contribution is 7.92. The lowest BCUT2D eigenvalue weighted by molar-refractivity contribution is -0.140. The monoisotopic (exact) mass is 679 g/mol. The molecule has 254 valence electrons. The van der Waals surface area contributed by atoms with Gasteiger partial charge in [0.25, 0.3) is 10.0 Å². The predicted molar refractivity (Wildman–Crippen MR) is 181 cm³/mol. The molecule has 4 rings (SSSR count). The summed E-state index contributed by atoms with van der Waals surface area (Å²) < 4.78 is 70.4. The molecule has 4 aromatic carbocycles. The minimum Gasteiger partial charge on any atom is -0.350 e. The predicted octanol–water partition coefficient (Wildman–Crippen LogP) is 7.07. The summed E-state index contributed by atoms with van der Waals surface area (Å²) in [5.74, 6) is -1.23. The highest BCUT2D eigenvalue weighted by atomic mass is 32.2. The van der Waals surface area contributed by atoms with Gasteiger partial charge in [0.1, 0.15) is 12.6 Å². The molecule has 1 atom stereocenters.